The van der Waals surface area contributed by atoms with Crippen molar-refractivity contribution in [1.29, 1.82) is 0 Å². The van der Waals surface area contributed by atoms with Crippen LogP contribution in [0.15, 0.2) is 84.9 Å². The van der Waals surface area contributed by atoms with Gasteiger partial charge in [-0.15, -0.1) is 0 Å². The minimum Gasteiger partial charge on any atom is -0.352 e. The molecule has 3 aromatic carbocycles. The van der Waals surface area contributed by atoms with E-state index in [1.165, 1.54) is 23.3 Å². The van der Waals surface area contributed by atoms with E-state index in [4.69, 9.17) is 9.97 Å². The standard InChI is InChI=1S/C25H20FN3/c26-22-12-10-19(11-13-22)23-16-24(28-25(27-23)20-7-2-1-3-8-20)29-15-14-18-6-4-5-9-21(18)17-29/h1-13,16H,14-15,17H2. The van der Waals surface area contributed by atoms with E-state index in [1.807, 2.05) is 36.4 Å². The first-order valence-electron chi connectivity index (χ1n) is 9.78. The van der Waals surface area contributed by atoms with Crippen molar-refractivity contribution in [2.45, 2.75) is 13.0 Å². The number of fused-ring (bicyclic) bond motifs is 1. The molecule has 0 radical (unpaired) electrons. The molecule has 4 heteroatoms. The van der Waals surface area contributed by atoms with Crippen molar-refractivity contribution < 1.29 is 4.39 Å². The normalized spacial score (nSPS) is 13.2. The lowest BCUT2D eigenvalue weighted by molar-refractivity contribution is 0.628. The molecule has 1 aliphatic heterocycles. The molecule has 0 aliphatic carbocycles. The zero-order valence-electron chi connectivity index (χ0n) is 15.9. The van der Waals surface area contributed by atoms with Crippen LogP contribution in [0, 0.1) is 5.82 Å². The second-order valence-corrected chi connectivity index (χ2v) is 7.25. The Morgan fingerprint density at radius 2 is 1.45 bits per heavy atom. The lowest BCUT2D eigenvalue weighted by Gasteiger charge is -2.30. The summed E-state index contributed by atoms with van der Waals surface area (Å²) in [5.74, 6) is 1.33. The van der Waals surface area contributed by atoms with E-state index >= 15 is 0 Å². The Bertz CT molecular complexity index is 1140. The van der Waals surface area contributed by atoms with E-state index in [0.29, 0.717) is 5.82 Å². The van der Waals surface area contributed by atoms with Gasteiger partial charge in [0.2, 0.25) is 0 Å². The van der Waals surface area contributed by atoms with E-state index in [1.54, 1.807) is 12.1 Å². The monoisotopic (exact) mass is 381 g/mol. The number of halogens is 1. The molecule has 29 heavy (non-hydrogen) atoms. The highest BCUT2D eigenvalue weighted by atomic mass is 19.1. The molecular formula is C25H20FN3. The Morgan fingerprint density at radius 3 is 2.24 bits per heavy atom. The second-order valence-electron chi connectivity index (χ2n) is 7.25. The zero-order chi connectivity index (χ0) is 19.6. The Hall–Kier alpha value is -3.53. The molecule has 142 valence electrons. The van der Waals surface area contributed by atoms with Crippen molar-refractivity contribution in [1.82, 2.24) is 9.97 Å². The molecule has 0 amide bonds. The lowest BCUT2D eigenvalue weighted by atomic mass is 10.00. The van der Waals surface area contributed by atoms with Crippen molar-refractivity contribution >= 4 is 5.82 Å². The third-order valence-electron chi connectivity index (χ3n) is 5.34. The Balaban J connectivity index is 1.59. The fourth-order valence-electron chi connectivity index (χ4n) is 3.77. The summed E-state index contributed by atoms with van der Waals surface area (Å²) in [7, 11) is 0. The van der Waals surface area contributed by atoms with Crippen LogP contribution in [-0.2, 0) is 13.0 Å². The predicted octanol–water partition coefficient (Wildman–Crippen LogP) is 5.51. The molecule has 1 aromatic heterocycles. The molecule has 0 saturated carbocycles. The van der Waals surface area contributed by atoms with Crippen molar-refractivity contribution in [3.05, 3.63) is 102 Å². The highest BCUT2D eigenvalue weighted by Crippen LogP contribution is 2.29. The molecule has 1 aliphatic rings. The van der Waals surface area contributed by atoms with Gasteiger partial charge in [0.1, 0.15) is 11.6 Å². The maximum absolute atomic E-state index is 13.4. The summed E-state index contributed by atoms with van der Waals surface area (Å²) < 4.78 is 13.4. The van der Waals surface area contributed by atoms with Crippen LogP contribution in [0.2, 0.25) is 0 Å². The van der Waals surface area contributed by atoms with Gasteiger partial charge in [0.25, 0.3) is 0 Å². The van der Waals surface area contributed by atoms with Crippen LogP contribution in [0.1, 0.15) is 11.1 Å². The van der Waals surface area contributed by atoms with Crippen LogP contribution < -0.4 is 4.90 Å². The highest BCUT2D eigenvalue weighted by molar-refractivity contribution is 5.68. The van der Waals surface area contributed by atoms with Crippen molar-refractivity contribution in [2.75, 3.05) is 11.4 Å². The maximum Gasteiger partial charge on any atom is 0.162 e. The summed E-state index contributed by atoms with van der Waals surface area (Å²) in [6, 6.07) is 27.0. The predicted molar refractivity (Wildman–Crippen MR) is 114 cm³/mol. The first-order chi connectivity index (χ1) is 14.3. The molecule has 3 nitrogen and oxygen atoms in total. The van der Waals surface area contributed by atoms with Gasteiger partial charge in [0.05, 0.1) is 5.69 Å². The molecule has 0 atom stereocenters. The summed E-state index contributed by atoms with van der Waals surface area (Å²) in [6.07, 6.45) is 0.993. The highest BCUT2D eigenvalue weighted by Gasteiger charge is 2.19. The van der Waals surface area contributed by atoms with Crippen LogP contribution in [-0.4, -0.2) is 16.5 Å². The van der Waals surface area contributed by atoms with Crippen molar-refractivity contribution in [3.63, 3.8) is 0 Å². The first kappa shape index (κ1) is 17.6. The van der Waals surface area contributed by atoms with Crippen LogP contribution >= 0.6 is 0 Å². The topological polar surface area (TPSA) is 29.0 Å². The lowest BCUT2D eigenvalue weighted by Crippen LogP contribution is -2.31. The molecule has 0 spiro atoms. The molecule has 0 unspecified atom stereocenters. The van der Waals surface area contributed by atoms with E-state index in [2.05, 4.69) is 29.2 Å². The molecule has 2 heterocycles. The average molecular weight is 381 g/mol. The molecular weight excluding hydrogens is 361 g/mol. The largest absolute Gasteiger partial charge is 0.352 e. The molecule has 0 fully saturated rings. The first-order valence-corrected chi connectivity index (χ1v) is 9.78. The maximum atomic E-state index is 13.4. The molecule has 0 saturated heterocycles. The number of nitrogens with zero attached hydrogens (tertiary/aromatic N) is 3. The molecule has 4 aromatic rings. The quantitative estimate of drug-likeness (QED) is 0.468. The summed E-state index contributed by atoms with van der Waals surface area (Å²) in [5.41, 5.74) is 5.38. The van der Waals surface area contributed by atoms with Gasteiger partial charge in [-0.25, -0.2) is 14.4 Å². The van der Waals surface area contributed by atoms with Crippen LogP contribution in [0.3, 0.4) is 0 Å². The van der Waals surface area contributed by atoms with E-state index in [-0.39, 0.29) is 5.82 Å². The smallest absolute Gasteiger partial charge is 0.162 e. The SMILES string of the molecule is Fc1ccc(-c2cc(N3CCc4ccccc4C3)nc(-c3ccccc3)n2)cc1. The number of anilines is 1. The fraction of sp³-hybridized carbons (Fsp3) is 0.120. The van der Waals surface area contributed by atoms with Gasteiger partial charge in [-0.2, -0.15) is 0 Å². The minimum absolute atomic E-state index is 0.251. The molecule has 0 bridgehead atoms. The molecule has 0 N–H and O–H groups in total. The number of hydrogen-bond donors (Lipinski definition) is 0. The van der Waals surface area contributed by atoms with E-state index in [0.717, 1.165) is 42.1 Å². The Labute approximate surface area is 169 Å². The van der Waals surface area contributed by atoms with Crippen LogP contribution in [0.4, 0.5) is 10.2 Å². The summed E-state index contributed by atoms with van der Waals surface area (Å²) in [5, 5.41) is 0. The van der Waals surface area contributed by atoms with Crippen molar-refractivity contribution in [3.8, 4) is 22.6 Å². The minimum atomic E-state index is -0.251. The number of hydrogen-bond acceptors (Lipinski definition) is 3. The van der Waals surface area contributed by atoms with Crippen LogP contribution in [0.5, 0.6) is 0 Å². The summed E-state index contributed by atoms with van der Waals surface area (Å²) in [4.78, 5) is 12.0. The average Bonchev–Trinajstić information content (AvgIpc) is 2.79. The van der Waals surface area contributed by atoms with Crippen LogP contribution in [0.25, 0.3) is 22.6 Å². The van der Waals surface area contributed by atoms with E-state index < -0.39 is 0 Å². The second kappa shape index (κ2) is 7.47. The van der Waals surface area contributed by atoms with E-state index in [9.17, 15) is 4.39 Å². The van der Waals surface area contributed by atoms with Crippen molar-refractivity contribution in [2.24, 2.45) is 0 Å². The fourth-order valence-corrected chi connectivity index (χ4v) is 3.77. The van der Waals surface area contributed by atoms with Gasteiger partial charge in [0.15, 0.2) is 5.82 Å². The number of aromatic nitrogens is 2. The third-order valence-corrected chi connectivity index (χ3v) is 5.34. The van der Waals surface area contributed by atoms with Gasteiger partial charge in [-0.05, 0) is 41.8 Å². The number of benzene rings is 3. The summed E-state index contributed by atoms with van der Waals surface area (Å²) >= 11 is 0. The van der Waals surface area contributed by atoms with Gasteiger partial charge in [0, 0.05) is 30.3 Å². The van der Waals surface area contributed by atoms with Gasteiger partial charge < -0.3 is 4.90 Å². The Kier molecular flexibility index (Phi) is 4.53. The van der Waals surface area contributed by atoms with Gasteiger partial charge in [-0.3, -0.25) is 0 Å². The molecule has 5 rings (SSSR count). The third kappa shape index (κ3) is 3.61. The summed E-state index contributed by atoms with van der Waals surface area (Å²) in [6.45, 7) is 1.73. The number of rotatable bonds is 3. The van der Waals surface area contributed by atoms with Gasteiger partial charge in [-0.1, -0.05) is 54.6 Å². The van der Waals surface area contributed by atoms with Gasteiger partial charge >= 0.3 is 0 Å². The zero-order valence-corrected chi connectivity index (χ0v) is 15.9. The Morgan fingerprint density at radius 1 is 0.724 bits per heavy atom.